The molecular weight excluding hydrogens is 338 g/mol. The van der Waals surface area contributed by atoms with Crippen LogP contribution in [-0.4, -0.2) is 58.4 Å². The molecule has 1 aromatic carbocycles. The maximum absolute atomic E-state index is 6.10. The second-order valence-corrected chi connectivity index (χ2v) is 7.25. The van der Waals surface area contributed by atoms with Crippen LogP contribution in [0.5, 0.6) is 5.75 Å². The summed E-state index contributed by atoms with van der Waals surface area (Å²) in [5.74, 6) is 8.47. The lowest BCUT2D eigenvalue weighted by Gasteiger charge is -2.26. The molecule has 0 aliphatic carbocycles. The summed E-state index contributed by atoms with van der Waals surface area (Å²) in [7, 11) is 0. The number of nitrogens with two attached hydrogens (primary N) is 1. The second kappa shape index (κ2) is 8.55. The molecule has 0 spiro atoms. The molecule has 2 heterocycles. The van der Waals surface area contributed by atoms with Crippen molar-refractivity contribution in [1.29, 1.82) is 0 Å². The predicted octanol–water partition coefficient (Wildman–Crippen LogP) is 1.61. The molecule has 0 amide bonds. The number of morpholine rings is 1. The van der Waals surface area contributed by atoms with Gasteiger partial charge in [-0.15, -0.1) is 10.2 Å². The Kier molecular flexibility index (Phi) is 6.17. The van der Waals surface area contributed by atoms with Crippen molar-refractivity contribution >= 4 is 11.8 Å². The van der Waals surface area contributed by atoms with Gasteiger partial charge in [-0.2, -0.15) is 0 Å². The van der Waals surface area contributed by atoms with E-state index in [-0.39, 0.29) is 0 Å². The Morgan fingerprint density at radius 1 is 1.16 bits per heavy atom. The molecule has 1 aliphatic rings. The molecule has 7 nitrogen and oxygen atoms in total. The smallest absolute Gasteiger partial charge is 0.209 e. The minimum Gasteiger partial charge on any atom is -0.486 e. The molecular formula is C17H25N5O2S. The number of nitrogen functional groups attached to an aromatic ring is 1. The molecule has 3 rings (SSSR count). The van der Waals surface area contributed by atoms with Gasteiger partial charge in [-0.1, -0.05) is 17.8 Å². The Hall–Kier alpha value is -1.77. The zero-order chi connectivity index (χ0) is 17.6. The number of nitrogens with zero attached hydrogens (tertiary/aromatic N) is 4. The number of thioether (sulfide) groups is 1. The molecule has 0 bridgehead atoms. The number of hydrogen-bond donors (Lipinski definition) is 1. The fraction of sp³-hybridized carbons (Fsp3) is 0.529. The zero-order valence-electron chi connectivity index (χ0n) is 14.8. The highest BCUT2D eigenvalue weighted by Gasteiger charge is 2.13. The van der Waals surface area contributed by atoms with Gasteiger partial charge in [-0.3, -0.25) is 4.90 Å². The molecule has 1 fully saturated rings. The predicted molar refractivity (Wildman–Crippen MR) is 98.4 cm³/mol. The monoisotopic (exact) mass is 363 g/mol. The zero-order valence-corrected chi connectivity index (χ0v) is 15.6. The molecule has 2 aromatic rings. The first-order valence-electron chi connectivity index (χ1n) is 8.45. The molecule has 136 valence electrons. The van der Waals surface area contributed by atoms with E-state index in [1.807, 2.05) is 12.1 Å². The number of hydrogen-bond acceptors (Lipinski definition) is 7. The standard InChI is InChI=1S/C17H25N5O2S/c1-13-9-14(2)11-15(10-13)24-12-16-19-20-17(22(16)18)25-8-5-21-3-6-23-7-4-21/h9-11H,3-8,12,18H2,1-2H3. The number of benzene rings is 1. The van der Waals surface area contributed by atoms with Crippen molar-refractivity contribution in [3.63, 3.8) is 0 Å². The number of aromatic nitrogens is 3. The molecule has 0 unspecified atom stereocenters. The largest absolute Gasteiger partial charge is 0.486 e. The third-order valence-electron chi connectivity index (χ3n) is 4.04. The molecule has 1 saturated heterocycles. The molecule has 1 aromatic heterocycles. The van der Waals surface area contributed by atoms with Crippen LogP contribution >= 0.6 is 11.8 Å². The van der Waals surface area contributed by atoms with E-state index in [9.17, 15) is 0 Å². The molecule has 0 atom stereocenters. The van der Waals surface area contributed by atoms with Crippen LogP contribution in [0.2, 0.25) is 0 Å². The minimum absolute atomic E-state index is 0.302. The van der Waals surface area contributed by atoms with Gasteiger partial charge in [0.2, 0.25) is 5.16 Å². The Bertz CT molecular complexity index is 680. The molecule has 0 radical (unpaired) electrons. The van der Waals surface area contributed by atoms with Crippen LogP contribution in [0.3, 0.4) is 0 Å². The van der Waals surface area contributed by atoms with Crippen molar-refractivity contribution in [2.24, 2.45) is 0 Å². The molecule has 1 aliphatic heterocycles. The minimum atomic E-state index is 0.302. The van der Waals surface area contributed by atoms with E-state index >= 15 is 0 Å². The summed E-state index contributed by atoms with van der Waals surface area (Å²) < 4.78 is 12.7. The van der Waals surface area contributed by atoms with Crippen molar-refractivity contribution < 1.29 is 9.47 Å². The summed E-state index contributed by atoms with van der Waals surface area (Å²) in [5.41, 5.74) is 2.34. The third-order valence-corrected chi connectivity index (χ3v) is 4.96. The van der Waals surface area contributed by atoms with Crippen LogP contribution in [0.1, 0.15) is 17.0 Å². The summed E-state index contributed by atoms with van der Waals surface area (Å²) in [4.78, 5) is 2.39. The van der Waals surface area contributed by atoms with Gasteiger partial charge in [0.05, 0.1) is 13.2 Å². The van der Waals surface area contributed by atoms with Gasteiger partial charge in [-0.05, 0) is 37.1 Å². The van der Waals surface area contributed by atoms with E-state index in [2.05, 4.69) is 35.0 Å². The van der Waals surface area contributed by atoms with E-state index in [1.54, 1.807) is 11.8 Å². The van der Waals surface area contributed by atoms with Gasteiger partial charge < -0.3 is 15.3 Å². The summed E-state index contributed by atoms with van der Waals surface area (Å²) >= 11 is 1.61. The molecule has 25 heavy (non-hydrogen) atoms. The van der Waals surface area contributed by atoms with E-state index in [4.69, 9.17) is 15.3 Å². The van der Waals surface area contributed by atoms with Crippen molar-refractivity contribution in [3.8, 4) is 5.75 Å². The fourth-order valence-corrected chi connectivity index (χ4v) is 3.63. The number of ether oxygens (including phenoxy) is 2. The third kappa shape index (κ3) is 5.10. The van der Waals surface area contributed by atoms with Gasteiger partial charge in [0.25, 0.3) is 0 Å². The Balaban J connectivity index is 1.50. The first kappa shape index (κ1) is 18.0. The Morgan fingerprint density at radius 2 is 1.88 bits per heavy atom. The lowest BCUT2D eigenvalue weighted by Crippen LogP contribution is -2.37. The van der Waals surface area contributed by atoms with Crippen LogP contribution in [0.25, 0.3) is 0 Å². The number of rotatable bonds is 7. The van der Waals surface area contributed by atoms with Gasteiger partial charge in [0.15, 0.2) is 5.82 Å². The van der Waals surface area contributed by atoms with Crippen LogP contribution in [0.4, 0.5) is 0 Å². The first-order chi connectivity index (χ1) is 12.1. The maximum atomic E-state index is 6.10. The average Bonchev–Trinajstić information content (AvgIpc) is 2.93. The highest BCUT2D eigenvalue weighted by atomic mass is 32.2. The first-order valence-corrected chi connectivity index (χ1v) is 9.44. The Morgan fingerprint density at radius 3 is 2.60 bits per heavy atom. The summed E-state index contributed by atoms with van der Waals surface area (Å²) in [6, 6.07) is 6.12. The lowest BCUT2D eigenvalue weighted by molar-refractivity contribution is 0.0410. The molecule has 8 heteroatoms. The van der Waals surface area contributed by atoms with E-state index in [0.29, 0.717) is 17.6 Å². The summed E-state index contributed by atoms with van der Waals surface area (Å²) in [5, 5.41) is 9.04. The topological polar surface area (TPSA) is 78.4 Å². The average molecular weight is 363 g/mol. The van der Waals surface area contributed by atoms with Crippen LogP contribution in [0, 0.1) is 13.8 Å². The van der Waals surface area contributed by atoms with Gasteiger partial charge >= 0.3 is 0 Å². The molecule has 0 saturated carbocycles. The quantitative estimate of drug-likeness (QED) is 0.591. The van der Waals surface area contributed by atoms with E-state index in [0.717, 1.165) is 44.4 Å². The normalized spacial score (nSPS) is 15.4. The maximum Gasteiger partial charge on any atom is 0.209 e. The lowest BCUT2D eigenvalue weighted by atomic mass is 10.1. The van der Waals surface area contributed by atoms with Gasteiger partial charge in [-0.25, -0.2) is 4.68 Å². The van der Waals surface area contributed by atoms with Crippen molar-refractivity contribution in [2.75, 3.05) is 44.4 Å². The SMILES string of the molecule is Cc1cc(C)cc(OCc2nnc(SCCN3CCOCC3)n2N)c1. The number of aryl methyl sites for hydroxylation is 2. The van der Waals surface area contributed by atoms with Crippen molar-refractivity contribution in [1.82, 2.24) is 19.8 Å². The van der Waals surface area contributed by atoms with Gasteiger partial charge in [0, 0.05) is 25.4 Å². The van der Waals surface area contributed by atoms with Gasteiger partial charge in [0.1, 0.15) is 12.4 Å². The van der Waals surface area contributed by atoms with E-state index in [1.165, 1.54) is 15.8 Å². The second-order valence-electron chi connectivity index (χ2n) is 6.18. The van der Waals surface area contributed by atoms with Crippen LogP contribution in [0.15, 0.2) is 23.4 Å². The summed E-state index contributed by atoms with van der Waals surface area (Å²) in [6.07, 6.45) is 0. The highest BCUT2D eigenvalue weighted by Crippen LogP contribution is 2.19. The fourth-order valence-electron chi connectivity index (χ4n) is 2.76. The van der Waals surface area contributed by atoms with Crippen LogP contribution < -0.4 is 10.6 Å². The molecule has 2 N–H and O–H groups in total. The van der Waals surface area contributed by atoms with E-state index < -0.39 is 0 Å². The van der Waals surface area contributed by atoms with Crippen molar-refractivity contribution in [3.05, 3.63) is 35.2 Å². The summed E-state index contributed by atoms with van der Waals surface area (Å²) in [6.45, 7) is 9.01. The van der Waals surface area contributed by atoms with Crippen molar-refractivity contribution in [2.45, 2.75) is 25.6 Å². The highest BCUT2D eigenvalue weighted by molar-refractivity contribution is 7.99. The van der Waals surface area contributed by atoms with Crippen LogP contribution in [-0.2, 0) is 11.3 Å². The Labute approximate surface area is 152 Å².